The Labute approximate surface area is 212 Å². The van der Waals surface area contributed by atoms with Crippen molar-refractivity contribution in [3.05, 3.63) is 92.0 Å². The first-order valence-corrected chi connectivity index (χ1v) is 12.4. The molecule has 2 amide bonds. The van der Waals surface area contributed by atoms with Crippen molar-refractivity contribution in [2.75, 3.05) is 26.2 Å². The first-order chi connectivity index (χ1) is 17.8. The number of aromatic nitrogens is 2. The molecule has 10 heteroatoms. The van der Waals surface area contributed by atoms with Gasteiger partial charge < -0.3 is 15.2 Å². The third kappa shape index (κ3) is 6.03. The summed E-state index contributed by atoms with van der Waals surface area (Å²) >= 11 is 0. The molecule has 37 heavy (non-hydrogen) atoms. The number of rotatable bonds is 5. The van der Waals surface area contributed by atoms with Crippen molar-refractivity contribution in [3.8, 4) is 0 Å². The number of fused-ring (bicyclic) bond motifs is 1. The highest BCUT2D eigenvalue weighted by atomic mass is 19.1. The molecule has 3 aromatic rings. The van der Waals surface area contributed by atoms with E-state index in [0.29, 0.717) is 25.9 Å². The Morgan fingerprint density at radius 1 is 1.00 bits per heavy atom. The molecule has 0 radical (unpaired) electrons. The number of likely N-dealkylation sites (tertiary alicyclic amines) is 2. The van der Waals surface area contributed by atoms with Gasteiger partial charge in [0.05, 0.1) is 0 Å². The summed E-state index contributed by atoms with van der Waals surface area (Å²) in [6.07, 6.45) is 3.59. The van der Waals surface area contributed by atoms with E-state index in [4.69, 9.17) is 0 Å². The van der Waals surface area contributed by atoms with Gasteiger partial charge in [0, 0.05) is 50.9 Å². The fourth-order valence-electron chi connectivity index (χ4n) is 5.04. The molecule has 3 heterocycles. The molecule has 0 saturated carbocycles. The van der Waals surface area contributed by atoms with E-state index in [1.54, 1.807) is 17.0 Å². The van der Waals surface area contributed by atoms with Gasteiger partial charge in [-0.2, -0.15) is 0 Å². The number of nitrogens with one attached hydrogen (secondary N) is 3. The van der Waals surface area contributed by atoms with Crippen molar-refractivity contribution < 1.29 is 14.0 Å². The number of nitrogens with zero attached hydrogens (tertiary/aromatic N) is 2. The fourth-order valence-corrected chi connectivity index (χ4v) is 5.04. The average Bonchev–Trinajstić information content (AvgIpc) is 3.30. The molecule has 2 aliphatic heterocycles. The molecule has 2 aromatic carbocycles. The van der Waals surface area contributed by atoms with Gasteiger partial charge in [-0.15, -0.1) is 0 Å². The quantitative estimate of drug-likeness (QED) is 0.458. The Balaban J connectivity index is 1.10. The van der Waals surface area contributed by atoms with E-state index in [9.17, 15) is 23.6 Å². The van der Waals surface area contributed by atoms with Crippen LogP contribution in [0.4, 0.5) is 4.39 Å². The Bertz CT molecular complexity index is 1460. The first-order valence-electron chi connectivity index (χ1n) is 12.4. The van der Waals surface area contributed by atoms with Gasteiger partial charge in [-0.1, -0.05) is 23.8 Å². The van der Waals surface area contributed by atoms with Crippen LogP contribution in [0.1, 0.15) is 35.3 Å². The van der Waals surface area contributed by atoms with E-state index in [0.717, 1.165) is 54.0 Å². The number of amides is 2. The second-order valence-corrected chi connectivity index (χ2v) is 9.65. The van der Waals surface area contributed by atoms with E-state index in [-0.39, 0.29) is 23.5 Å². The summed E-state index contributed by atoms with van der Waals surface area (Å²) in [6.45, 7) is 3.21. The van der Waals surface area contributed by atoms with Gasteiger partial charge in [0.1, 0.15) is 11.5 Å². The number of aromatic amines is 2. The van der Waals surface area contributed by atoms with Gasteiger partial charge in [-0.25, -0.2) is 9.18 Å². The molecular formula is C27H28FN5O4. The summed E-state index contributed by atoms with van der Waals surface area (Å²) in [5.41, 5.74) is 0.731. The number of hydrogen-bond acceptors (Lipinski definition) is 5. The number of benzene rings is 2. The summed E-state index contributed by atoms with van der Waals surface area (Å²) in [5.74, 6) is -0.778. The maximum absolute atomic E-state index is 13.4. The minimum Gasteiger partial charge on any atom is -0.348 e. The molecule has 192 valence electrons. The second kappa shape index (κ2) is 10.5. The summed E-state index contributed by atoms with van der Waals surface area (Å²) in [4.78, 5) is 56.4. The topological polar surface area (TPSA) is 118 Å². The predicted octanol–water partition coefficient (Wildman–Crippen LogP) is 1.91. The zero-order valence-electron chi connectivity index (χ0n) is 20.3. The summed E-state index contributed by atoms with van der Waals surface area (Å²) in [7, 11) is 0. The fraction of sp³-hybridized carbons (Fsp3) is 0.333. The predicted molar refractivity (Wildman–Crippen MR) is 137 cm³/mol. The number of halogens is 1. The zero-order valence-corrected chi connectivity index (χ0v) is 20.3. The summed E-state index contributed by atoms with van der Waals surface area (Å²) in [6, 6.07) is 12.0. The van der Waals surface area contributed by atoms with Crippen molar-refractivity contribution in [1.82, 2.24) is 25.1 Å². The van der Waals surface area contributed by atoms with E-state index < -0.39 is 17.2 Å². The summed E-state index contributed by atoms with van der Waals surface area (Å²) < 4.78 is 13.4. The molecular weight excluding hydrogens is 477 g/mol. The Kier molecular flexibility index (Phi) is 7.00. The smallest absolute Gasteiger partial charge is 0.326 e. The molecule has 1 aromatic heterocycles. The van der Waals surface area contributed by atoms with E-state index in [1.165, 1.54) is 12.1 Å². The minimum absolute atomic E-state index is 0.0395. The Morgan fingerprint density at radius 3 is 2.54 bits per heavy atom. The van der Waals surface area contributed by atoms with Crippen LogP contribution in [0.5, 0.6) is 0 Å². The number of piperidine rings is 1. The normalized spacial score (nSPS) is 18.2. The third-order valence-electron chi connectivity index (χ3n) is 6.91. The number of carbonyl (C=O) groups excluding carboxylic acids is 2. The zero-order chi connectivity index (χ0) is 25.9. The molecule has 0 spiro atoms. The molecule has 5 rings (SSSR count). The Morgan fingerprint density at radius 2 is 1.76 bits per heavy atom. The highest BCUT2D eigenvalue weighted by Crippen LogP contribution is 2.21. The standard InChI is InChI=1S/C27H28FN5O4/c28-21-4-3-19-11-18(1-2-20(19)13-21)15-32-8-7-22(16-32)29-24(34)12-17-5-9-33(10-6-17)26(36)23-14-25(35)31-27(37)30-23/h1-4,11-14,22H,5-10,15-16H2,(H,29,34)(H2,30,31,35,37)/t22-/m1/s1. The highest BCUT2D eigenvalue weighted by molar-refractivity contribution is 5.92. The van der Waals surface area contributed by atoms with Gasteiger partial charge >= 0.3 is 5.69 Å². The van der Waals surface area contributed by atoms with E-state index in [1.807, 2.05) is 17.1 Å². The lowest BCUT2D eigenvalue weighted by Crippen LogP contribution is -2.39. The lowest BCUT2D eigenvalue weighted by Gasteiger charge is -2.28. The molecule has 0 aliphatic carbocycles. The number of carbonyl (C=O) groups is 2. The Hall–Kier alpha value is -4.05. The van der Waals surface area contributed by atoms with Crippen molar-refractivity contribution >= 4 is 22.6 Å². The monoisotopic (exact) mass is 505 g/mol. The van der Waals surface area contributed by atoms with Crippen molar-refractivity contribution in [2.45, 2.75) is 31.8 Å². The van der Waals surface area contributed by atoms with Crippen LogP contribution in [0.2, 0.25) is 0 Å². The van der Waals surface area contributed by atoms with Crippen LogP contribution in [0.3, 0.4) is 0 Å². The van der Waals surface area contributed by atoms with Crippen molar-refractivity contribution in [3.63, 3.8) is 0 Å². The van der Waals surface area contributed by atoms with Crippen LogP contribution >= 0.6 is 0 Å². The first kappa shape index (κ1) is 24.6. The van der Waals surface area contributed by atoms with E-state index >= 15 is 0 Å². The molecule has 3 N–H and O–H groups in total. The van der Waals surface area contributed by atoms with Crippen LogP contribution in [-0.2, 0) is 11.3 Å². The van der Waals surface area contributed by atoms with Gasteiger partial charge in [0.2, 0.25) is 5.91 Å². The van der Waals surface area contributed by atoms with Gasteiger partial charge in [0.25, 0.3) is 11.5 Å². The van der Waals surface area contributed by atoms with Crippen LogP contribution in [0, 0.1) is 5.82 Å². The third-order valence-corrected chi connectivity index (χ3v) is 6.91. The highest BCUT2D eigenvalue weighted by Gasteiger charge is 2.25. The lowest BCUT2D eigenvalue weighted by molar-refractivity contribution is -0.117. The largest absolute Gasteiger partial charge is 0.348 e. The molecule has 0 unspecified atom stereocenters. The number of hydrogen-bond donors (Lipinski definition) is 3. The van der Waals surface area contributed by atoms with Crippen molar-refractivity contribution in [1.29, 1.82) is 0 Å². The molecule has 2 aliphatic rings. The minimum atomic E-state index is -0.718. The van der Waals surface area contributed by atoms with Crippen molar-refractivity contribution in [2.24, 2.45) is 0 Å². The molecule has 2 saturated heterocycles. The van der Waals surface area contributed by atoms with Crippen LogP contribution in [0.15, 0.2) is 63.7 Å². The molecule has 2 fully saturated rings. The van der Waals surface area contributed by atoms with Crippen LogP contribution < -0.4 is 16.6 Å². The van der Waals surface area contributed by atoms with Gasteiger partial charge in [0.15, 0.2) is 0 Å². The van der Waals surface area contributed by atoms with E-state index in [2.05, 4.69) is 21.3 Å². The average molecular weight is 506 g/mol. The van der Waals surface area contributed by atoms with Gasteiger partial charge in [-0.3, -0.25) is 24.3 Å². The molecule has 0 bridgehead atoms. The summed E-state index contributed by atoms with van der Waals surface area (Å²) in [5, 5.41) is 4.98. The van der Waals surface area contributed by atoms with Gasteiger partial charge in [-0.05, 0) is 53.8 Å². The SMILES string of the molecule is O=C(C=C1CCN(C(=O)c2cc(=O)[nH]c(=O)[nH]2)CC1)N[C@@H]1CCN(Cc2ccc3cc(F)ccc3c2)C1. The molecule has 9 nitrogen and oxygen atoms in total. The molecule has 1 atom stereocenters. The van der Waals surface area contributed by atoms with Crippen LogP contribution in [0.25, 0.3) is 10.8 Å². The lowest BCUT2D eigenvalue weighted by atomic mass is 10.0. The van der Waals surface area contributed by atoms with Crippen LogP contribution in [-0.4, -0.2) is 63.8 Å². The maximum atomic E-state index is 13.4. The maximum Gasteiger partial charge on any atom is 0.326 e. The number of H-pyrrole nitrogens is 2. The second-order valence-electron chi connectivity index (χ2n) is 9.65.